The van der Waals surface area contributed by atoms with E-state index in [0.717, 1.165) is 13.0 Å². The molecule has 1 saturated heterocycles. The van der Waals surface area contributed by atoms with E-state index in [1.165, 1.54) is 0 Å². The Morgan fingerprint density at radius 1 is 1.82 bits per heavy atom. The summed E-state index contributed by atoms with van der Waals surface area (Å²) in [5.74, 6) is 0.0763. The summed E-state index contributed by atoms with van der Waals surface area (Å²) >= 11 is 0. The normalized spacial score (nSPS) is 23.8. The van der Waals surface area contributed by atoms with Crippen LogP contribution in [0.1, 0.15) is 19.8 Å². The number of nitrogens with zero attached hydrogens (tertiary/aromatic N) is 2. The van der Waals surface area contributed by atoms with Crippen molar-refractivity contribution in [2.24, 2.45) is 5.92 Å². The van der Waals surface area contributed by atoms with Crippen LogP contribution < -0.4 is 0 Å². The van der Waals surface area contributed by atoms with Gasteiger partial charge in [0.15, 0.2) is 0 Å². The molecule has 0 unspecified atom stereocenters. The Balaban J connectivity index is 2.46. The highest BCUT2D eigenvalue weighted by atomic mass is 16.2. The smallest absolute Gasteiger partial charge is 0.224 e. The molecule has 0 bridgehead atoms. The average Bonchev–Trinajstić information content (AvgIpc) is 2.33. The van der Waals surface area contributed by atoms with Gasteiger partial charge in [-0.1, -0.05) is 6.92 Å². The van der Waals surface area contributed by atoms with Crippen LogP contribution in [0.4, 0.5) is 0 Å². The third kappa shape index (κ3) is 1.70. The lowest BCUT2D eigenvalue weighted by Gasteiger charge is -2.13. The van der Waals surface area contributed by atoms with Gasteiger partial charge in [0.1, 0.15) is 0 Å². The van der Waals surface area contributed by atoms with Crippen LogP contribution in [0.5, 0.6) is 0 Å². The Hall–Kier alpha value is -1.04. The minimum Gasteiger partial charge on any atom is -0.341 e. The Morgan fingerprint density at radius 3 is 3.00 bits per heavy atom. The van der Waals surface area contributed by atoms with Gasteiger partial charge in [0, 0.05) is 19.5 Å². The van der Waals surface area contributed by atoms with Crippen molar-refractivity contribution in [1.82, 2.24) is 4.90 Å². The van der Waals surface area contributed by atoms with Crippen LogP contribution >= 0.6 is 0 Å². The van der Waals surface area contributed by atoms with Gasteiger partial charge in [-0.25, -0.2) is 0 Å². The standard InChI is InChI=1S/C8H12N2O/c1-2-3-10-6-7(5-9)4-8(10)11/h7H,2-4,6H2,1H3/t7-/m1/s1. The topological polar surface area (TPSA) is 44.1 Å². The van der Waals surface area contributed by atoms with E-state index in [1.54, 1.807) is 4.90 Å². The first-order valence-electron chi connectivity index (χ1n) is 3.95. The SMILES string of the molecule is CCCN1C[C@@H](C#N)CC1=O. The van der Waals surface area contributed by atoms with Gasteiger partial charge in [-0.3, -0.25) is 4.79 Å². The van der Waals surface area contributed by atoms with Crippen LogP contribution in [0.25, 0.3) is 0 Å². The zero-order chi connectivity index (χ0) is 8.27. The molecule has 1 amide bonds. The van der Waals surface area contributed by atoms with E-state index >= 15 is 0 Å². The van der Waals surface area contributed by atoms with Gasteiger partial charge in [0.2, 0.25) is 5.91 Å². The first-order chi connectivity index (χ1) is 5.27. The van der Waals surface area contributed by atoms with Crippen molar-refractivity contribution in [2.75, 3.05) is 13.1 Å². The van der Waals surface area contributed by atoms with Gasteiger partial charge in [0.05, 0.1) is 12.0 Å². The molecule has 3 nitrogen and oxygen atoms in total. The summed E-state index contributed by atoms with van der Waals surface area (Å²) in [6.45, 7) is 3.48. The van der Waals surface area contributed by atoms with Crippen molar-refractivity contribution in [1.29, 1.82) is 5.26 Å². The Bertz CT molecular complexity index is 195. The largest absolute Gasteiger partial charge is 0.341 e. The summed E-state index contributed by atoms with van der Waals surface area (Å²) in [4.78, 5) is 12.9. The average molecular weight is 152 g/mol. The molecular formula is C8H12N2O. The maximum absolute atomic E-state index is 11.1. The fourth-order valence-electron chi connectivity index (χ4n) is 1.34. The van der Waals surface area contributed by atoms with E-state index in [2.05, 4.69) is 6.07 Å². The molecule has 0 N–H and O–H groups in total. The van der Waals surface area contributed by atoms with E-state index in [9.17, 15) is 4.79 Å². The van der Waals surface area contributed by atoms with Crippen molar-refractivity contribution >= 4 is 5.91 Å². The number of hydrogen-bond donors (Lipinski definition) is 0. The van der Waals surface area contributed by atoms with Crippen LogP contribution in [0.2, 0.25) is 0 Å². The third-order valence-corrected chi connectivity index (χ3v) is 1.89. The van der Waals surface area contributed by atoms with Crippen LogP contribution in [0, 0.1) is 17.2 Å². The lowest BCUT2D eigenvalue weighted by Crippen LogP contribution is -2.25. The van der Waals surface area contributed by atoms with E-state index in [1.807, 2.05) is 6.92 Å². The van der Waals surface area contributed by atoms with E-state index in [0.29, 0.717) is 13.0 Å². The number of hydrogen-bond acceptors (Lipinski definition) is 2. The molecule has 3 heteroatoms. The second-order valence-corrected chi connectivity index (χ2v) is 2.87. The Morgan fingerprint density at radius 2 is 2.55 bits per heavy atom. The molecule has 0 saturated carbocycles. The lowest BCUT2D eigenvalue weighted by molar-refractivity contribution is -0.127. The summed E-state index contributed by atoms with van der Waals surface area (Å²) in [6, 6.07) is 2.12. The predicted octanol–water partition coefficient (Wildman–Crippen LogP) is 0.768. The number of carbonyl (C=O) groups excluding carboxylic acids is 1. The predicted molar refractivity (Wildman–Crippen MR) is 40.6 cm³/mol. The minimum absolute atomic E-state index is 0.0611. The van der Waals surface area contributed by atoms with Crippen LogP contribution in [0.3, 0.4) is 0 Å². The van der Waals surface area contributed by atoms with Gasteiger partial charge >= 0.3 is 0 Å². The number of amides is 1. The summed E-state index contributed by atoms with van der Waals surface area (Å²) < 4.78 is 0. The van der Waals surface area contributed by atoms with Crippen molar-refractivity contribution in [3.63, 3.8) is 0 Å². The first kappa shape index (κ1) is 8.06. The molecule has 1 aliphatic rings. The van der Waals surface area contributed by atoms with Crippen molar-refractivity contribution in [2.45, 2.75) is 19.8 Å². The van der Waals surface area contributed by atoms with Crippen molar-refractivity contribution in [3.8, 4) is 6.07 Å². The fourth-order valence-corrected chi connectivity index (χ4v) is 1.34. The molecule has 1 rings (SSSR count). The molecule has 0 spiro atoms. The van der Waals surface area contributed by atoms with E-state index in [-0.39, 0.29) is 11.8 Å². The molecule has 1 aliphatic heterocycles. The highest BCUT2D eigenvalue weighted by molar-refractivity contribution is 5.79. The van der Waals surface area contributed by atoms with Crippen LogP contribution in [-0.2, 0) is 4.79 Å². The summed E-state index contributed by atoms with van der Waals surface area (Å²) in [5, 5.41) is 8.54. The van der Waals surface area contributed by atoms with Gasteiger partial charge in [-0.05, 0) is 6.42 Å². The highest BCUT2D eigenvalue weighted by Crippen LogP contribution is 2.16. The number of carbonyl (C=O) groups is 1. The maximum atomic E-state index is 11.1. The van der Waals surface area contributed by atoms with Gasteiger partial charge in [-0.15, -0.1) is 0 Å². The maximum Gasteiger partial charge on any atom is 0.224 e. The molecule has 11 heavy (non-hydrogen) atoms. The summed E-state index contributed by atoms with van der Waals surface area (Å²) in [6.07, 6.45) is 1.40. The molecule has 1 heterocycles. The van der Waals surface area contributed by atoms with Crippen LogP contribution in [0.15, 0.2) is 0 Å². The Labute approximate surface area is 66.6 Å². The number of likely N-dealkylation sites (tertiary alicyclic amines) is 1. The second kappa shape index (κ2) is 3.38. The minimum atomic E-state index is -0.0611. The zero-order valence-corrected chi connectivity index (χ0v) is 6.71. The second-order valence-electron chi connectivity index (χ2n) is 2.87. The molecule has 0 aliphatic carbocycles. The Kier molecular flexibility index (Phi) is 2.48. The fraction of sp³-hybridized carbons (Fsp3) is 0.750. The van der Waals surface area contributed by atoms with E-state index in [4.69, 9.17) is 5.26 Å². The van der Waals surface area contributed by atoms with E-state index < -0.39 is 0 Å². The quantitative estimate of drug-likeness (QED) is 0.586. The summed E-state index contributed by atoms with van der Waals surface area (Å²) in [7, 11) is 0. The van der Waals surface area contributed by atoms with Crippen LogP contribution in [-0.4, -0.2) is 23.9 Å². The highest BCUT2D eigenvalue weighted by Gasteiger charge is 2.28. The molecule has 60 valence electrons. The number of rotatable bonds is 2. The number of nitriles is 1. The molecule has 1 fully saturated rings. The first-order valence-corrected chi connectivity index (χ1v) is 3.95. The molecular weight excluding hydrogens is 140 g/mol. The molecule has 1 atom stereocenters. The van der Waals surface area contributed by atoms with Gasteiger partial charge in [0.25, 0.3) is 0 Å². The molecule has 0 aromatic rings. The molecule has 0 aromatic carbocycles. The van der Waals surface area contributed by atoms with Gasteiger partial charge in [-0.2, -0.15) is 5.26 Å². The third-order valence-electron chi connectivity index (χ3n) is 1.89. The van der Waals surface area contributed by atoms with Crippen molar-refractivity contribution in [3.05, 3.63) is 0 Å². The molecule has 0 aromatic heterocycles. The van der Waals surface area contributed by atoms with Crippen molar-refractivity contribution < 1.29 is 4.79 Å². The monoisotopic (exact) mass is 152 g/mol. The molecule has 0 radical (unpaired) electrons. The zero-order valence-electron chi connectivity index (χ0n) is 6.71. The summed E-state index contributed by atoms with van der Waals surface area (Å²) in [5.41, 5.74) is 0. The lowest BCUT2D eigenvalue weighted by atomic mass is 10.1. The van der Waals surface area contributed by atoms with Gasteiger partial charge < -0.3 is 4.90 Å².